The lowest BCUT2D eigenvalue weighted by atomic mass is 10.1. The molecule has 0 spiro atoms. The van der Waals surface area contributed by atoms with E-state index in [2.05, 4.69) is 4.98 Å². The number of hydrogen-bond acceptors (Lipinski definition) is 3. The Labute approximate surface area is 122 Å². The van der Waals surface area contributed by atoms with E-state index in [0.717, 1.165) is 22.0 Å². The summed E-state index contributed by atoms with van der Waals surface area (Å²) in [7, 11) is 0. The van der Waals surface area contributed by atoms with E-state index in [1.54, 1.807) is 23.7 Å². The molecule has 1 aromatic carbocycles. The van der Waals surface area contributed by atoms with Gasteiger partial charge in [0, 0.05) is 22.7 Å². The molecule has 4 nitrogen and oxygen atoms in total. The van der Waals surface area contributed by atoms with Crippen LogP contribution in [0.25, 0.3) is 22.0 Å². The van der Waals surface area contributed by atoms with Crippen LogP contribution in [0.2, 0.25) is 0 Å². The van der Waals surface area contributed by atoms with E-state index >= 15 is 0 Å². The highest BCUT2D eigenvalue weighted by molar-refractivity contribution is 7.12. The molecule has 2 N–H and O–H groups in total. The van der Waals surface area contributed by atoms with Crippen molar-refractivity contribution in [2.45, 2.75) is 6.42 Å². The van der Waals surface area contributed by atoms with Gasteiger partial charge in [-0.2, -0.15) is 0 Å². The smallest absolute Gasteiger partial charge is 0.311 e. The quantitative estimate of drug-likeness (QED) is 0.570. The average Bonchev–Trinajstić information content (AvgIpc) is 3.02. The monoisotopic (exact) mass is 303 g/mol. The first-order valence-corrected chi connectivity index (χ1v) is 7.03. The first kappa shape index (κ1) is 13.5. The molecular formula is C15H10FNO3S. The Morgan fingerprint density at radius 2 is 2.10 bits per heavy atom. The Morgan fingerprint density at radius 1 is 1.29 bits per heavy atom. The third kappa shape index (κ3) is 2.57. The van der Waals surface area contributed by atoms with Crippen molar-refractivity contribution in [3.8, 4) is 11.1 Å². The van der Waals surface area contributed by atoms with E-state index in [0.29, 0.717) is 4.88 Å². The molecule has 0 aliphatic carbocycles. The number of benzene rings is 1. The number of ketones is 1. The minimum Gasteiger partial charge on any atom is -0.481 e. The molecule has 0 radical (unpaired) electrons. The predicted octanol–water partition coefficient (Wildman–Crippen LogP) is 3.69. The van der Waals surface area contributed by atoms with Crippen molar-refractivity contribution in [2.75, 3.05) is 0 Å². The van der Waals surface area contributed by atoms with Gasteiger partial charge in [-0.25, -0.2) is 4.39 Å². The molecule has 0 fully saturated rings. The normalized spacial score (nSPS) is 10.9. The van der Waals surface area contributed by atoms with Crippen molar-refractivity contribution in [3.63, 3.8) is 0 Å². The molecule has 0 saturated heterocycles. The highest BCUT2D eigenvalue weighted by atomic mass is 32.1. The number of nitrogens with one attached hydrogen (secondary N) is 1. The zero-order valence-electron chi connectivity index (χ0n) is 10.7. The maximum Gasteiger partial charge on any atom is 0.311 e. The number of aliphatic carboxylic acids is 1. The van der Waals surface area contributed by atoms with Gasteiger partial charge in [-0.1, -0.05) is 0 Å². The van der Waals surface area contributed by atoms with Gasteiger partial charge in [0.15, 0.2) is 5.78 Å². The minimum absolute atomic E-state index is 0.333. The van der Waals surface area contributed by atoms with Gasteiger partial charge in [-0.3, -0.25) is 9.59 Å². The molecule has 0 aliphatic heterocycles. The van der Waals surface area contributed by atoms with Gasteiger partial charge in [0.05, 0.1) is 4.88 Å². The molecule has 0 amide bonds. The van der Waals surface area contributed by atoms with Crippen LogP contribution < -0.4 is 0 Å². The van der Waals surface area contributed by atoms with Crippen LogP contribution >= 0.6 is 11.3 Å². The summed E-state index contributed by atoms with van der Waals surface area (Å²) < 4.78 is 13.4. The lowest BCUT2D eigenvalue weighted by molar-refractivity contribution is -0.135. The van der Waals surface area contributed by atoms with Crippen molar-refractivity contribution >= 4 is 34.0 Å². The summed E-state index contributed by atoms with van der Waals surface area (Å²) in [4.78, 5) is 25.7. The Morgan fingerprint density at radius 3 is 2.86 bits per heavy atom. The lowest BCUT2D eigenvalue weighted by Crippen LogP contribution is -2.04. The van der Waals surface area contributed by atoms with E-state index in [-0.39, 0.29) is 5.82 Å². The molecule has 2 aromatic heterocycles. The van der Waals surface area contributed by atoms with Crippen molar-refractivity contribution in [1.29, 1.82) is 0 Å². The number of rotatable bonds is 4. The number of aromatic nitrogens is 1. The summed E-state index contributed by atoms with van der Waals surface area (Å²) in [5, 5.41) is 11.1. The zero-order valence-corrected chi connectivity index (χ0v) is 11.5. The maximum atomic E-state index is 13.4. The number of carboxylic acid groups (broad SMARTS) is 1. The number of carboxylic acids is 1. The van der Waals surface area contributed by atoms with Crippen molar-refractivity contribution in [1.82, 2.24) is 4.98 Å². The second kappa shape index (κ2) is 5.14. The van der Waals surface area contributed by atoms with E-state index in [1.165, 1.54) is 23.5 Å². The van der Waals surface area contributed by atoms with Crippen molar-refractivity contribution < 1.29 is 19.1 Å². The highest BCUT2D eigenvalue weighted by Crippen LogP contribution is 2.32. The first-order valence-electron chi connectivity index (χ1n) is 6.15. The van der Waals surface area contributed by atoms with Gasteiger partial charge in [-0.15, -0.1) is 11.3 Å². The van der Waals surface area contributed by atoms with Crippen LogP contribution in [0.3, 0.4) is 0 Å². The van der Waals surface area contributed by atoms with Gasteiger partial charge in [0.1, 0.15) is 12.2 Å². The number of thiophene rings is 1. The van der Waals surface area contributed by atoms with Crippen molar-refractivity contribution in [2.24, 2.45) is 0 Å². The van der Waals surface area contributed by atoms with Gasteiger partial charge in [0.2, 0.25) is 0 Å². The largest absolute Gasteiger partial charge is 0.481 e. The van der Waals surface area contributed by atoms with Crippen LogP contribution in [0.1, 0.15) is 16.1 Å². The average molecular weight is 303 g/mol. The molecular weight excluding hydrogens is 293 g/mol. The standard InChI is InChI=1S/C15H10FNO3S/c16-9-1-2-12-10(4-9)11(6-17-12)8-3-14(21-7-8)13(18)5-15(19)20/h1-4,6-7,17H,5H2,(H,19,20). The fourth-order valence-corrected chi connectivity index (χ4v) is 3.03. The van der Waals surface area contributed by atoms with E-state index in [4.69, 9.17) is 5.11 Å². The molecule has 0 bridgehead atoms. The minimum atomic E-state index is -1.15. The van der Waals surface area contributed by atoms with Gasteiger partial charge >= 0.3 is 5.97 Å². The molecule has 2 heterocycles. The number of Topliss-reactive ketones (excluding diaryl/α,β-unsaturated/α-hetero) is 1. The Kier molecular flexibility index (Phi) is 3.31. The molecule has 3 aromatic rings. The summed E-state index contributed by atoms with van der Waals surface area (Å²) in [6.45, 7) is 0. The third-order valence-electron chi connectivity index (χ3n) is 3.14. The second-order valence-corrected chi connectivity index (χ2v) is 5.50. The molecule has 3 rings (SSSR count). The maximum absolute atomic E-state index is 13.4. The Hall–Kier alpha value is -2.47. The Bertz CT molecular complexity index is 850. The van der Waals surface area contributed by atoms with E-state index < -0.39 is 18.2 Å². The second-order valence-electron chi connectivity index (χ2n) is 4.59. The molecule has 106 valence electrons. The Balaban J connectivity index is 2.00. The van der Waals surface area contributed by atoms with Gasteiger partial charge in [0.25, 0.3) is 0 Å². The summed E-state index contributed by atoms with van der Waals surface area (Å²) in [6.07, 6.45) is 1.22. The van der Waals surface area contributed by atoms with Crippen molar-refractivity contribution in [3.05, 3.63) is 46.5 Å². The molecule has 21 heavy (non-hydrogen) atoms. The van der Waals surface area contributed by atoms with Crippen LogP contribution in [0, 0.1) is 5.82 Å². The molecule has 0 aliphatic rings. The highest BCUT2D eigenvalue weighted by Gasteiger charge is 2.15. The molecule has 6 heteroatoms. The van der Waals surface area contributed by atoms with Gasteiger partial charge in [-0.05, 0) is 35.2 Å². The SMILES string of the molecule is O=C(O)CC(=O)c1cc(-c2c[nH]c3ccc(F)cc23)cs1. The van der Waals surface area contributed by atoms with Crippen LogP contribution in [0.4, 0.5) is 4.39 Å². The van der Waals surface area contributed by atoms with E-state index in [1.807, 2.05) is 0 Å². The predicted molar refractivity (Wildman–Crippen MR) is 78.2 cm³/mol. The van der Waals surface area contributed by atoms with Crippen LogP contribution in [0.15, 0.2) is 35.8 Å². The zero-order chi connectivity index (χ0) is 15.0. The fraction of sp³-hybridized carbons (Fsp3) is 0.0667. The number of hydrogen-bond donors (Lipinski definition) is 2. The topological polar surface area (TPSA) is 70.2 Å². The molecule has 0 atom stereocenters. The number of carbonyl (C=O) groups is 2. The fourth-order valence-electron chi connectivity index (χ4n) is 2.18. The number of carbonyl (C=O) groups excluding carboxylic acids is 1. The lowest BCUT2D eigenvalue weighted by Gasteiger charge is -1.96. The number of H-pyrrole nitrogens is 1. The number of fused-ring (bicyclic) bond motifs is 1. The van der Waals surface area contributed by atoms with Gasteiger partial charge < -0.3 is 10.1 Å². The molecule has 0 unspecified atom stereocenters. The summed E-state index contributed by atoms with van der Waals surface area (Å²) in [6, 6.07) is 6.09. The first-order chi connectivity index (χ1) is 10.0. The summed E-state index contributed by atoms with van der Waals surface area (Å²) in [5.74, 6) is -1.91. The third-order valence-corrected chi connectivity index (χ3v) is 4.11. The van der Waals surface area contributed by atoms with E-state index in [9.17, 15) is 14.0 Å². The molecule has 0 saturated carbocycles. The number of aromatic amines is 1. The van der Waals surface area contributed by atoms with Crippen LogP contribution in [-0.2, 0) is 4.79 Å². The number of halogens is 1. The summed E-state index contributed by atoms with van der Waals surface area (Å²) in [5.41, 5.74) is 2.36. The van der Waals surface area contributed by atoms with Crippen LogP contribution in [-0.4, -0.2) is 21.8 Å². The van der Waals surface area contributed by atoms with Crippen LogP contribution in [0.5, 0.6) is 0 Å². The summed E-state index contributed by atoms with van der Waals surface area (Å²) >= 11 is 1.19.